The second-order valence-corrected chi connectivity index (χ2v) is 7.84. The van der Waals surface area contributed by atoms with E-state index in [1.807, 2.05) is 0 Å². The number of rotatable bonds is 8. The normalized spacial score (nSPS) is 24.9. The molecule has 0 spiro atoms. The number of anilines is 1. The van der Waals surface area contributed by atoms with Crippen LogP contribution in [0.2, 0.25) is 0 Å². The lowest BCUT2D eigenvalue weighted by atomic mass is 10.1. The predicted octanol–water partition coefficient (Wildman–Crippen LogP) is -3.11. The van der Waals surface area contributed by atoms with Crippen molar-refractivity contribution in [1.29, 1.82) is 0 Å². The largest absolute Gasteiger partial charge is 0.469 e. The summed E-state index contributed by atoms with van der Waals surface area (Å²) in [7, 11) is -4.91. The number of primary amides is 1. The van der Waals surface area contributed by atoms with E-state index in [1.54, 1.807) is 0 Å². The van der Waals surface area contributed by atoms with Crippen molar-refractivity contribution < 1.29 is 43.0 Å². The molecule has 9 N–H and O–H groups in total. The number of esters is 1. The van der Waals surface area contributed by atoms with Crippen molar-refractivity contribution in [3.8, 4) is 0 Å². The van der Waals surface area contributed by atoms with E-state index in [0.29, 0.717) is 0 Å². The van der Waals surface area contributed by atoms with Gasteiger partial charge in [0.15, 0.2) is 23.8 Å². The zero-order valence-electron chi connectivity index (χ0n) is 15.7. The summed E-state index contributed by atoms with van der Waals surface area (Å²) in [5.74, 6) is -1.87. The summed E-state index contributed by atoms with van der Waals surface area (Å²) in [4.78, 5) is 53.0. The van der Waals surface area contributed by atoms with Gasteiger partial charge in [-0.25, -0.2) is 19.5 Å². The second-order valence-electron chi connectivity index (χ2n) is 6.60. The van der Waals surface area contributed by atoms with E-state index in [4.69, 9.17) is 36.5 Å². The molecule has 2 aromatic heterocycles. The van der Waals surface area contributed by atoms with Crippen LogP contribution < -0.4 is 17.2 Å². The minimum Gasteiger partial charge on any atom is -0.455 e. The monoisotopic (exact) mass is 461 g/mol. The molecule has 0 radical (unpaired) electrons. The van der Waals surface area contributed by atoms with Gasteiger partial charge >= 0.3 is 13.8 Å². The number of amides is 1. The lowest BCUT2D eigenvalue weighted by Gasteiger charge is -2.22. The molecule has 3 heterocycles. The molecule has 5 atom stereocenters. The maximum atomic E-state index is 12.2. The van der Waals surface area contributed by atoms with Gasteiger partial charge in [-0.15, -0.1) is 0 Å². The predicted molar refractivity (Wildman–Crippen MR) is 99.3 cm³/mol. The Hall–Kier alpha value is -2.72. The molecular weight excluding hydrogens is 441 g/mol. The van der Waals surface area contributed by atoms with Crippen molar-refractivity contribution in [1.82, 2.24) is 19.5 Å². The van der Waals surface area contributed by atoms with E-state index >= 15 is 0 Å². The summed E-state index contributed by atoms with van der Waals surface area (Å²) in [5, 5.41) is 10.8. The summed E-state index contributed by atoms with van der Waals surface area (Å²) in [6.45, 7) is -0.745. The zero-order valence-corrected chi connectivity index (χ0v) is 16.6. The number of hydrogen-bond donors (Lipinski definition) is 6. The summed E-state index contributed by atoms with van der Waals surface area (Å²) < 4.78 is 27.6. The molecule has 1 amide bonds. The van der Waals surface area contributed by atoms with Crippen LogP contribution in [-0.4, -0.2) is 77.2 Å². The number of nitrogens with zero attached hydrogens (tertiary/aromatic N) is 4. The van der Waals surface area contributed by atoms with Crippen molar-refractivity contribution in [3.05, 3.63) is 12.7 Å². The molecular formula is C14H20N7O9P. The molecule has 1 aliphatic heterocycles. The van der Waals surface area contributed by atoms with Gasteiger partial charge in [0, 0.05) is 0 Å². The van der Waals surface area contributed by atoms with Crippen LogP contribution in [0, 0.1) is 0 Å². The number of ether oxygens (including phenoxy) is 2. The van der Waals surface area contributed by atoms with Crippen molar-refractivity contribution >= 4 is 36.7 Å². The smallest absolute Gasteiger partial charge is 0.455 e. The molecule has 1 saturated heterocycles. The highest BCUT2D eigenvalue weighted by molar-refractivity contribution is 7.46. The Morgan fingerprint density at radius 2 is 2.03 bits per heavy atom. The molecule has 1 aliphatic rings. The Morgan fingerprint density at radius 3 is 2.68 bits per heavy atom. The first-order valence-corrected chi connectivity index (χ1v) is 10.2. The first kappa shape index (κ1) is 23.0. The molecule has 16 nitrogen and oxygen atoms in total. The van der Waals surface area contributed by atoms with Gasteiger partial charge in [0.25, 0.3) is 0 Å². The highest BCUT2D eigenvalue weighted by atomic mass is 31.2. The molecule has 0 aromatic carbocycles. The number of carbonyl (C=O) groups is 2. The number of aromatic nitrogens is 4. The average molecular weight is 461 g/mol. The number of hydrogen-bond acceptors (Lipinski definition) is 12. The number of imidazole rings is 1. The van der Waals surface area contributed by atoms with Gasteiger partial charge in [-0.3, -0.25) is 18.7 Å². The van der Waals surface area contributed by atoms with Crippen LogP contribution in [0.25, 0.3) is 11.2 Å². The van der Waals surface area contributed by atoms with Crippen molar-refractivity contribution in [3.63, 3.8) is 0 Å². The number of fused-ring (bicyclic) bond motifs is 1. The van der Waals surface area contributed by atoms with Crippen LogP contribution >= 0.6 is 7.82 Å². The van der Waals surface area contributed by atoms with Gasteiger partial charge in [-0.05, 0) is 0 Å². The molecule has 2 aromatic rings. The number of aliphatic hydroxyl groups excluding tert-OH is 1. The highest BCUT2D eigenvalue weighted by Gasteiger charge is 2.49. The fourth-order valence-corrected chi connectivity index (χ4v) is 3.32. The lowest BCUT2D eigenvalue weighted by molar-refractivity contribution is -0.158. The quantitative estimate of drug-likeness (QED) is 0.168. The number of aliphatic hydroxyl groups is 1. The van der Waals surface area contributed by atoms with E-state index in [2.05, 4.69) is 19.5 Å². The zero-order chi connectivity index (χ0) is 22.9. The summed E-state index contributed by atoms with van der Waals surface area (Å²) in [6, 6.07) is -1.42. The SMILES string of the molecule is NC(=O)C[C@H](N)C(=O)O[C@H]1[C@@H](O)[C@H](n2cnc3c(N)ncnc32)O[C@@H]1COP(=O)(O)O. The molecule has 170 valence electrons. The topological polar surface area (TPSA) is 261 Å². The fraction of sp³-hybridized carbons (Fsp3) is 0.500. The van der Waals surface area contributed by atoms with Crippen LogP contribution in [0.1, 0.15) is 12.6 Å². The first-order valence-electron chi connectivity index (χ1n) is 8.69. The first-order chi connectivity index (χ1) is 14.5. The molecule has 17 heteroatoms. The van der Waals surface area contributed by atoms with Crippen LogP contribution in [0.5, 0.6) is 0 Å². The molecule has 31 heavy (non-hydrogen) atoms. The minimum atomic E-state index is -4.91. The third-order valence-electron chi connectivity index (χ3n) is 4.35. The van der Waals surface area contributed by atoms with E-state index in [9.17, 15) is 19.3 Å². The molecule has 1 fully saturated rings. The Kier molecular flexibility index (Phi) is 6.51. The number of phosphoric ester groups is 1. The summed E-state index contributed by atoms with van der Waals surface area (Å²) in [6.07, 6.45) is -3.73. The summed E-state index contributed by atoms with van der Waals surface area (Å²) in [5.41, 5.74) is 16.7. The number of phosphoric acid groups is 1. The van der Waals surface area contributed by atoms with Gasteiger partial charge in [-0.1, -0.05) is 0 Å². The van der Waals surface area contributed by atoms with E-state index in [-0.39, 0.29) is 17.0 Å². The number of carbonyl (C=O) groups excluding carboxylic acids is 2. The Morgan fingerprint density at radius 1 is 1.32 bits per heavy atom. The van der Waals surface area contributed by atoms with Crippen LogP contribution in [0.15, 0.2) is 12.7 Å². The van der Waals surface area contributed by atoms with Crippen molar-refractivity contribution in [2.75, 3.05) is 12.3 Å². The van der Waals surface area contributed by atoms with Gasteiger partial charge in [-0.2, -0.15) is 0 Å². The Balaban J connectivity index is 1.87. The van der Waals surface area contributed by atoms with Crippen LogP contribution in [0.3, 0.4) is 0 Å². The van der Waals surface area contributed by atoms with Crippen molar-refractivity contribution in [2.45, 2.75) is 37.0 Å². The molecule has 0 bridgehead atoms. The van der Waals surface area contributed by atoms with E-state index in [1.165, 1.54) is 10.9 Å². The fourth-order valence-electron chi connectivity index (χ4n) is 2.98. The maximum Gasteiger partial charge on any atom is 0.469 e. The molecule has 0 saturated carbocycles. The van der Waals surface area contributed by atoms with E-state index < -0.39 is 63.3 Å². The van der Waals surface area contributed by atoms with Gasteiger partial charge < -0.3 is 41.6 Å². The maximum absolute atomic E-state index is 12.2. The summed E-state index contributed by atoms with van der Waals surface area (Å²) >= 11 is 0. The standard InChI is InChI=1S/C14H20N7O9P/c15-5(1-7(16)22)14(24)30-10-6(2-28-31(25,26)27)29-13(9(10)23)21-4-20-8-11(17)18-3-19-12(8)21/h3-6,9-10,13,23H,1-2,15H2,(H2,16,22)(H2,17,18,19)(H2,25,26,27)/t5-,6+,9+,10+,13+/m0/s1. The Labute approximate surface area is 173 Å². The number of nitrogen functional groups attached to an aromatic ring is 1. The molecule has 0 unspecified atom stereocenters. The van der Waals surface area contributed by atoms with Gasteiger partial charge in [0.2, 0.25) is 5.91 Å². The minimum absolute atomic E-state index is 0.0676. The third kappa shape index (κ3) is 5.13. The molecule has 0 aliphatic carbocycles. The van der Waals surface area contributed by atoms with Gasteiger partial charge in [0.05, 0.1) is 19.4 Å². The van der Waals surface area contributed by atoms with Crippen LogP contribution in [-0.2, 0) is 28.2 Å². The second kappa shape index (κ2) is 8.80. The average Bonchev–Trinajstić information content (AvgIpc) is 3.22. The third-order valence-corrected chi connectivity index (χ3v) is 4.84. The lowest BCUT2D eigenvalue weighted by Crippen LogP contribution is -2.44. The van der Waals surface area contributed by atoms with Crippen LogP contribution in [0.4, 0.5) is 5.82 Å². The van der Waals surface area contributed by atoms with Crippen molar-refractivity contribution in [2.24, 2.45) is 11.5 Å². The molecule has 3 rings (SSSR count). The highest BCUT2D eigenvalue weighted by Crippen LogP contribution is 2.39. The van der Waals surface area contributed by atoms with E-state index in [0.717, 1.165) is 6.33 Å². The number of nitrogens with two attached hydrogens (primary N) is 3. The van der Waals surface area contributed by atoms with Gasteiger partial charge in [0.1, 0.15) is 30.1 Å². The Bertz CT molecular complexity index is 1030.